The van der Waals surface area contributed by atoms with Crippen LogP contribution in [0, 0.1) is 5.82 Å². The van der Waals surface area contributed by atoms with Gasteiger partial charge in [0.05, 0.1) is 32.3 Å². The lowest BCUT2D eigenvalue weighted by atomic mass is 10.1. The number of nitrogens with zero attached hydrogens (tertiary/aromatic N) is 5. The zero-order valence-corrected chi connectivity index (χ0v) is 22.7. The standard InChI is InChI=1S/C30H31FN6O3/c1-4-28(29-33-34-35-37(29)18-21-7-12-25(39-2)13-8-21)36(17-20-5-10-24(31)11-6-20)19-23-15-22-9-14-26(40-3)16-27(22)32-30(23)38/h5-16,28H,4,17-19H2,1-3H3,(H,32,38)/t28-/m1/s1. The summed E-state index contributed by atoms with van der Waals surface area (Å²) < 4.78 is 26.0. The van der Waals surface area contributed by atoms with Crippen LogP contribution in [0.3, 0.4) is 0 Å². The highest BCUT2D eigenvalue weighted by Crippen LogP contribution is 2.27. The van der Waals surface area contributed by atoms with Crippen molar-refractivity contribution in [2.45, 2.75) is 39.0 Å². The molecular weight excluding hydrogens is 511 g/mol. The molecule has 5 aromatic rings. The summed E-state index contributed by atoms with van der Waals surface area (Å²) in [6.45, 7) is 3.34. The van der Waals surface area contributed by atoms with Crippen LogP contribution < -0.4 is 15.0 Å². The number of fused-ring (bicyclic) bond motifs is 1. The average molecular weight is 543 g/mol. The molecule has 0 unspecified atom stereocenters. The van der Waals surface area contributed by atoms with Gasteiger partial charge in [0.1, 0.15) is 17.3 Å². The Kier molecular flexibility index (Phi) is 8.16. The van der Waals surface area contributed by atoms with Gasteiger partial charge in [0, 0.05) is 24.7 Å². The molecule has 0 amide bonds. The number of methoxy groups -OCH3 is 2. The fraction of sp³-hybridized carbons (Fsp3) is 0.267. The average Bonchev–Trinajstić information content (AvgIpc) is 3.42. The van der Waals surface area contributed by atoms with E-state index in [0.717, 1.165) is 22.3 Å². The van der Waals surface area contributed by atoms with Crippen LogP contribution in [-0.2, 0) is 19.6 Å². The Bertz CT molecular complexity index is 1630. The number of tetrazole rings is 1. The Balaban J connectivity index is 1.49. The van der Waals surface area contributed by atoms with E-state index in [9.17, 15) is 9.18 Å². The highest BCUT2D eigenvalue weighted by Gasteiger charge is 2.26. The normalized spacial score (nSPS) is 12.1. The molecule has 0 aliphatic carbocycles. The molecule has 2 heterocycles. The van der Waals surface area contributed by atoms with Crippen molar-refractivity contribution >= 4 is 10.9 Å². The van der Waals surface area contributed by atoms with Crippen molar-refractivity contribution in [2.24, 2.45) is 0 Å². The van der Waals surface area contributed by atoms with Crippen LogP contribution in [0.2, 0.25) is 0 Å². The maximum absolute atomic E-state index is 13.7. The van der Waals surface area contributed by atoms with E-state index in [0.29, 0.717) is 48.7 Å². The quantitative estimate of drug-likeness (QED) is 0.254. The molecule has 9 nitrogen and oxygen atoms in total. The van der Waals surface area contributed by atoms with Crippen molar-refractivity contribution in [3.8, 4) is 11.5 Å². The topological polar surface area (TPSA) is 98.2 Å². The number of ether oxygens (including phenoxy) is 2. The zero-order valence-electron chi connectivity index (χ0n) is 22.7. The first-order valence-electron chi connectivity index (χ1n) is 13.0. The lowest BCUT2D eigenvalue weighted by Gasteiger charge is -2.30. The van der Waals surface area contributed by atoms with E-state index in [4.69, 9.17) is 9.47 Å². The second-order valence-electron chi connectivity index (χ2n) is 9.58. The van der Waals surface area contributed by atoms with Gasteiger partial charge in [-0.25, -0.2) is 9.07 Å². The van der Waals surface area contributed by atoms with Gasteiger partial charge in [-0.05, 0) is 75.8 Å². The van der Waals surface area contributed by atoms with Gasteiger partial charge < -0.3 is 14.5 Å². The van der Waals surface area contributed by atoms with E-state index in [2.05, 4.69) is 32.3 Å². The highest BCUT2D eigenvalue weighted by molar-refractivity contribution is 5.80. The smallest absolute Gasteiger partial charge is 0.252 e. The van der Waals surface area contributed by atoms with Crippen molar-refractivity contribution in [2.75, 3.05) is 14.2 Å². The molecule has 0 aliphatic heterocycles. The van der Waals surface area contributed by atoms with Gasteiger partial charge in [0.15, 0.2) is 5.82 Å². The van der Waals surface area contributed by atoms with E-state index in [1.54, 1.807) is 37.1 Å². The third-order valence-electron chi connectivity index (χ3n) is 6.98. The minimum absolute atomic E-state index is 0.183. The summed E-state index contributed by atoms with van der Waals surface area (Å²) in [4.78, 5) is 18.3. The molecule has 0 bridgehead atoms. The second-order valence-corrected chi connectivity index (χ2v) is 9.58. The van der Waals surface area contributed by atoms with Gasteiger partial charge >= 0.3 is 0 Å². The molecule has 206 valence electrons. The third-order valence-corrected chi connectivity index (χ3v) is 6.98. The minimum Gasteiger partial charge on any atom is -0.497 e. The van der Waals surface area contributed by atoms with Crippen molar-refractivity contribution in [3.63, 3.8) is 0 Å². The molecule has 0 aliphatic rings. The van der Waals surface area contributed by atoms with Crippen molar-refractivity contribution in [3.05, 3.63) is 111 Å². The lowest BCUT2D eigenvalue weighted by Crippen LogP contribution is -2.32. The fourth-order valence-corrected chi connectivity index (χ4v) is 4.86. The van der Waals surface area contributed by atoms with Crippen LogP contribution in [-0.4, -0.2) is 44.3 Å². The first-order chi connectivity index (χ1) is 19.5. The number of hydrogen-bond donors (Lipinski definition) is 1. The van der Waals surface area contributed by atoms with Crippen LogP contribution in [0.5, 0.6) is 11.5 Å². The highest BCUT2D eigenvalue weighted by atomic mass is 19.1. The first kappa shape index (κ1) is 27.0. The Morgan fingerprint density at radius 2 is 1.62 bits per heavy atom. The van der Waals surface area contributed by atoms with Crippen LogP contribution in [0.4, 0.5) is 4.39 Å². The van der Waals surface area contributed by atoms with Crippen LogP contribution in [0.25, 0.3) is 10.9 Å². The molecule has 3 aromatic carbocycles. The summed E-state index contributed by atoms with van der Waals surface area (Å²) >= 11 is 0. The summed E-state index contributed by atoms with van der Waals surface area (Å²) in [7, 11) is 3.22. The molecule has 1 atom stereocenters. The summed E-state index contributed by atoms with van der Waals surface area (Å²) in [5, 5.41) is 13.6. The molecule has 10 heteroatoms. The Morgan fingerprint density at radius 3 is 2.33 bits per heavy atom. The number of pyridine rings is 1. The summed E-state index contributed by atoms with van der Waals surface area (Å²) in [5.41, 5.74) is 3.06. The molecule has 0 spiro atoms. The molecule has 0 saturated heterocycles. The van der Waals surface area contributed by atoms with E-state index in [1.807, 2.05) is 42.5 Å². The monoisotopic (exact) mass is 542 g/mol. The number of aromatic nitrogens is 5. The summed E-state index contributed by atoms with van der Waals surface area (Å²) in [6.07, 6.45) is 0.687. The zero-order chi connectivity index (χ0) is 28.1. The SMILES string of the molecule is CC[C@H](c1nnnn1Cc1ccc(OC)cc1)N(Cc1ccc(F)cc1)Cc1cc2ccc(OC)cc2[nH]c1=O. The van der Waals surface area contributed by atoms with Gasteiger partial charge in [-0.2, -0.15) is 0 Å². The van der Waals surface area contributed by atoms with Gasteiger partial charge in [-0.15, -0.1) is 5.10 Å². The number of H-pyrrole nitrogens is 1. The van der Waals surface area contributed by atoms with Crippen molar-refractivity contribution in [1.29, 1.82) is 0 Å². The van der Waals surface area contributed by atoms with E-state index >= 15 is 0 Å². The first-order valence-corrected chi connectivity index (χ1v) is 13.0. The summed E-state index contributed by atoms with van der Waals surface area (Å²) in [5.74, 6) is 1.83. The molecular formula is C30H31FN6O3. The maximum Gasteiger partial charge on any atom is 0.252 e. The third kappa shape index (κ3) is 6.02. The second kappa shape index (κ2) is 12.1. The van der Waals surface area contributed by atoms with Crippen molar-refractivity contribution < 1.29 is 13.9 Å². The van der Waals surface area contributed by atoms with E-state index < -0.39 is 0 Å². The molecule has 40 heavy (non-hydrogen) atoms. The minimum atomic E-state index is -0.299. The number of hydrogen-bond acceptors (Lipinski definition) is 7. The molecule has 1 N–H and O–H groups in total. The summed E-state index contributed by atoms with van der Waals surface area (Å²) in [6, 6.07) is 21.4. The number of rotatable bonds is 11. The molecule has 0 fully saturated rings. The number of nitrogens with one attached hydrogen (secondary N) is 1. The Morgan fingerprint density at radius 1 is 0.925 bits per heavy atom. The lowest BCUT2D eigenvalue weighted by molar-refractivity contribution is 0.161. The fourth-order valence-electron chi connectivity index (χ4n) is 4.86. The van der Waals surface area contributed by atoms with E-state index in [1.165, 1.54) is 12.1 Å². The Hall–Kier alpha value is -4.57. The van der Waals surface area contributed by atoms with Gasteiger partial charge in [0.25, 0.3) is 5.56 Å². The number of benzene rings is 3. The molecule has 5 rings (SSSR count). The van der Waals surface area contributed by atoms with Crippen LogP contribution in [0.1, 0.15) is 41.9 Å². The van der Waals surface area contributed by atoms with Gasteiger partial charge in [-0.1, -0.05) is 31.2 Å². The van der Waals surface area contributed by atoms with Gasteiger partial charge in [0.2, 0.25) is 0 Å². The number of halogens is 1. The predicted octanol–water partition coefficient (Wildman–Crippen LogP) is 4.87. The number of aromatic amines is 1. The molecule has 0 saturated carbocycles. The Labute approximate surface area is 231 Å². The van der Waals surface area contributed by atoms with Gasteiger partial charge in [-0.3, -0.25) is 9.69 Å². The molecule has 0 radical (unpaired) electrons. The molecule has 2 aromatic heterocycles. The largest absolute Gasteiger partial charge is 0.497 e. The van der Waals surface area contributed by atoms with Crippen LogP contribution >= 0.6 is 0 Å². The van der Waals surface area contributed by atoms with Crippen molar-refractivity contribution in [1.82, 2.24) is 30.1 Å². The van der Waals surface area contributed by atoms with E-state index in [-0.39, 0.29) is 17.4 Å². The predicted molar refractivity (Wildman–Crippen MR) is 150 cm³/mol. The van der Waals surface area contributed by atoms with Crippen LogP contribution in [0.15, 0.2) is 77.6 Å². The maximum atomic E-state index is 13.7.